The van der Waals surface area contributed by atoms with Crippen LogP contribution in [-0.4, -0.2) is 38.7 Å². The van der Waals surface area contributed by atoms with Gasteiger partial charge in [-0.3, -0.25) is 0 Å². The van der Waals surface area contributed by atoms with Gasteiger partial charge in [-0.1, -0.05) is 0 Å². The first kappa shape index (κ1) is 13.5. The van der Waals surface area contributed by atoms with Crippen LogP contribution >= 0.6 is 0 Å². The van der Waals surface area contributed by atoms with Crippen LogP contribution in [0.15, 0.2) is 18.2 Å². The second-order valence-electron chi connectivity index (χ2n) is 5.29. The number of nitrogen functional groups attached to an aromatic ring is 1. The van der Waals surface area contributed by atoms with E-state index in [4.69, 9.17) is 19.9 Å². The van der Waals surface area contributed by atoms with Crippen molar-refractivity contribution in [2.75, 3.05) is 43.5 Å². The molecule has 1 spiro atoms. The molecule has 3 rings (SSSR count). The molecule has 2 heterocycles. The molecule has 2 fully saturated rings. The molecule has 0 atom stereocenters. The van der Waals surface area contributed by atoms with Gasteiger partial charge in [-0.15, -0.1) is 0 Å². The number of hydrogen-bond donors (Lipinski definition) is 1. The molecule has 1 aromatic carbocycles. The van der Waals surface area contributed by atoms with E-state index in [1.807, 2.05) is 25.1 Å². The van der Waals surface area contributed by atoms with Gasteiger partial charge in [0.2, 0.25) is 0 Å². The Labute approximate surface area is 119 Å². The van der Waals surface area contributed by atoms with E-state index < -0.39 is 5.79 Å². The maximum Gasteiger partial charge on any atom is 0.186 e. The van der Waals surface area contributed by atoms with Crippen molar-refractivity contribution >= 4 is 11.4 Å². The van der Waals surface area contributed by atoms with Gasteiger partial charge in [0.25, 0.3) is 0 Å². The van der Waals surface area contributed by atoms with Crippen LogP contribution in [0.4, 0.5) is 11.4 Å². The highest BCUT2D eigenvalue weighted by Gasteiger charge is 2.40. The van der Waals surface area contributed by atoms with Crippen molar-refractivity contribution in [3.8, 4) is 5.75 Å². The first-order chi connectivity index (χ1) is 9.72. The fourth-order valence-corrected chi connectivity index (χ4v) is 2.94. The van der Waals surface area contributed by atoms with E-state index >= 15 is 0 Å². The van der Waals surface area contributed by atoms with Crippen LogP contribution in [0.2, 0.25) is 0 Å². The zero-order valence-corrected chi connectivity index (χ0v) is 11.9. The molecule has 0 unspecified atom stereocenters. The van der Waals surface area contributed by atoms with E-state index in [0.29, 0.717) is 25.5 Å². The molecule has 2 aliphatic heterocycles. The smallest absolute Gasteiger partial charge is 0.186 e. The Kier molecular flexibility index (Phi) is 3.72. The van der Waals surface area contributed by atoms with Gasteiger partial charge >= 0.3 is 0 Å². The van der Waals surface area contributed by atoms with Gasteiger partial charge in [0.1, 0.15) is 5.75 Å². The SMILES string of the molecule is CCOc1cc(N2CCCC3(C2)OCCO3)ccc1N. The average molecular weight is 278 g/mol. The number of nitrogens with two attached hydrogens (primary N) is 1. The summed E-state index contributed by atoms with van der Waals surface area (Å²) in [6.07, 6.45) is 2.03. The lowest BCUT2D eigenvalue weighted by Crippen LogP contribution is -2.49. The van der Waals surface area contributed by atoms with Crippen LogP contribution in [0.25, 0.3) is 0 Å². The van der Waals surface area contributed by atoms with Gasteiger partial charge in [-0.05, 0) is 25.5 Å². The summed E-state index contributed by atoms with van der Waals surface area (Å²) < 4.78 is 17.2. The molecular formula is C15H22N2O3. The van der Waals surface area contributed by atoms with Crippen molar-refractivity contribution < 1.29 is 14.2 Å². The molecule has 20 heavy (non-hydrogen) atoms. The summed E-state index contributed by atoms with van der Waals surface area (Å²) in [5.74, 6) is 0.337. The third kappa shape index (κ3) is 2.55. The number of hydrogen-bond acceptors (Lipinski definition) is 5. The summed E-state index contributed by atoms with van der Waals surface area (Å²) in [5.41, 5.74) is 7.72. The Hall–Kier alpha value is -1.46. The van der Waals surface area contributed by atoms with Gasteiger partial charge in [0.05, 0.1) is 32.1 Å². The van der Waals surface area contributed by atoms with E-state index in [0.717, 1.165) is 37.4 Å². The van der Waals surface area contributed by atoms with E-state index in [9.17, 15) is 0 Å². The minimum atomic E-state index is -0.411. The molecule has 2 aliphatic rings. The first-order valence-corrected chi connectivity index (χ1v) is 7.28. The molecule has 1 aromatic rings. The quantitative estimate of drug-likeness (QED) is 0.857. The van der Waals surface area contributed by atoms with Crippen LogP contribution < -0.4 is 15.4 Å². The molecule has 110 valence electrons. The molecular weight excluding hydrogens is 256 g/mol. The van der Waals surface area contributed by atoms with E-state index in [-0.39, 0.29) is 0 Å². The zero-order valence-electron chi connectivity index (χ0n) is 11.9. The predicted molar refractivity (Wildman–Crippen MR) is 78.1 cm³/mol. The van der Waals surface area contributed by atoms with Crippen LogP contribution in [0.5, 0.6) is 5.75 Å². The Morgan fingerprint density at radius 1 is 1.35 bits per heavy atom. The minimum absolute atomic E-state index is 0.411. The van der Waals surface area contributed by atoms with E-state index in [1.165, 1.54) is 0 Å². The Morgan fingerprint density at radius 3 is 2.90 bits per heavy atom. The summed E-state index contributed by atoms with van der Waals surface area (Å²) in [6, 6.07) is 5.94. The van der Waals surface area contributed by atoms with Gasteiger partial charge < -0.3 is 24.8 Å². The van der Waals surface area contributed by atoms with Crippen LogP contribution in [-0.2, 0) is 9.47 Å². The van der Waals surface area contributed by atoms with Crippen molar-refractivity contribution in [1.82, 2.24) is 0 Å². The Morgan fingerprint density at radius 2 is 2.15 bits per heavy atom. The molecule has 0 bridgehead atoms. The summed E-state index contributed by atoms with van der Waals surface area (Å²) in [5, 5.41) is 0. The van der Waals surface area contributed by atoms with Crippen molar-refractivity contribution in [2.24, 2.45) is 0 Å². The van der Waals surface area contributed by atoms with Crippen molar-refractivity contribution in [3.63, 3.8) is 0 Å². The third-order valence-electron chi connectivity index (χ3n) is 3.89. The first-order valence-electron chi connectivity index (χ1n) is 7.28. The van der Waals surface area contributed by atoms with E-state index in [2.05, 4.69) is 4.90 Å². The summed E-state index contributed by atoms with van der Waals surface area (Å²) in [7, 11) is 0. The fraction of sp³-hybridized carbons (Fsp3) is 0.600. The summed E-state index contributed by atoms with van der Waals surface area (Å²) in [4.78, 5) is 2.29. The van der Waals surface area contributed by atoms with Gasteiger partial charge in [0, 0.05) is 24.7 Å². The topological polar surface area (TPSA) is 57.0 Å². The van der Waals surface area contributed by atoms with Crippen LogP contribution in [0.3, 0.4) is 0 Å². The highest BCUT2D eigenvalue weighted by molar-refractivity contribution is 5.62. The largest absolute Gasteiger partial charge is 0.492 e. The van der Waals surface area contributed by atoms with Crippen molar-refractivity contribution in [3.05, 3.63) is 18.2 Å². The second kappa shape index (κ2) is 5.50. The molecule has 5 nitrogen and oxygen atoms in total. The molecule has 0 saturated carbocycles. The lowest BCUT2D eigenvalue weighted by atomic mass is 10.0. The Balaban J connectivity index is 1.79. The molecule has 0 aromatic heterocycles. The standard InChI is InChI=1S/C15H22N2O3/c1-2-18-14-10-12(4-5-13(14)16)17-7-3-6-15(11-17)19-8-9-20-15/h4-5,10H,2-3,6-9,11,16H2,1H3. The normalized spacial score (nSPS) is 21.4. The van der Waals surface area contributed by atoms with Crippen LogP contribution in [0.1, 0.15) is 19.8 Å². The molecule has 5 heteroatoms. The lowest BCUT2D eigenvalue weighted by Gasteiger charge is -2.39. The molecule has 2 saturated heterocycles. The Bertz CT molecular complexity index is 472. The minimum Gasteiger partial charge on any atom is -0.492 e. The lowest BCUT2D eigenvalue weighted by molar-refractivity contribution is -0.161. The number of benzene rings is 1. The fourth-order valence-electron chi connectivity index (χ4n) is 2.94. The zero-order chi connectivity index (χ0) is 14.0. The number of rotatable bonds is 3. The second-order valence-corrected chi connectivity index (χ2v) is 5.29. The number of nitrogens with zero attached hydrogens (tertiary/aromatic N) is 1. The third-order valence-corrected chi connectivity index (χ3v) is 3.89. The predicted octanol–water partition coefficient (Wildman–Crippen LogP) is 2.01. The number of anilines is 2. The van der Waals surface area contributed by atoms with Gasteiger partial charge in [-0.25, -0.2) is 0 Å². The summed E-state index contributed by atoms with van der Waals surface area (Å²) in [6.45, 7) is 5.73. The monoisotopic (exact) mass is 278 g/mol. The van der Waals surface area contributed by atoms with Crippen molar-refractivity contribution in [2.45, 2.75) is 25.6 Å². The molecule has 0 amide bonds. The molecule has 0 radical (unpaired) electrons. The van der Waals surface area contributed by atoms with Crippen molar-refractivity contribution in [1.29, 1.82) is 0 Å². The molecule has 2 N–H and O–H groups in total. The highest BCUT2D eigenvalue weighted by Crippen LogP contribution is 2.35. The average Bonchev–Trinajstić information content (AvgIpc) is 2.89. The van der Waals surface area contributed by atoms with Gasteiger partial charge in [0.15, 0.2) is 5.79 Å². The number of ether oxygens (including phenoxy) is 3. The highest BCUT2D eigenvalue weighted by atomic mass is 16.7. The maximum atomic E-state index is 5.93. The summed E-state index contributed by atoms with van der Waals surface area (Å²) >= 11 is 0. The molecule has 0 aliphatic carbocycles. The van der Waals surface area contributed by atoms with Gasteiger partial charge in [-0.2, -0.15) is 0 Å². The number of piperidine rings is 1. The van der Waals surface area contributed by atoms with E-state index in [1.54, 1.807) is 0 Å². The maximum absolute atomic E-state index is 5.93. The van der Waals surface area contributed by atoms with Crippen LogP contribution in [0, 0.1) is 0 Å².